The zero-order valence-corrected chi connectivity index (χ0v) is 12.7. The molecule has 1 aromatic heterocycles. The largest absolute Gasteiger partial charge is 0.346 e. The maximum absolute atomic E-state index is 11.9. The highest BCUT2D eigenvalue weighted by Gasteiger charge is 2.08. The Hall–Kier alpha value is -0.910. The Kier molecular flexibility index (Phi) is 4.37. The van der Waals surface area contributed by atoms with Gasteiger partial charge in [0.1, 0.15) is 0 Å². The molecule has 2 aromatic rings. The minimum Gasteiger partial charge on any atom is -0.346 e. The first-order valence-electron chi connectivity index (χ1n) is 5.20. The lowest BCUT2D eigenvalue weighted by molar-refractivity contribution is 0.0950. The molecule has 0 bridgehead atoms. The molecule has 0 fully saturated rings. The third-order valence-corrected chi connectivity index (χ3v) is 3.72. The van der Waals surface area contributed by atoms with E-state index in [0.717, 1.165) is 15.2 Å². The molecule has 0 radical (unpaired) electrons. The van der Waals surface area contributed by atoms with Crippen molar-refractivity contribution in [2.24, 2.45) is 0 Å². The first-order valence-corrected chi connectivity index (χ1v) is 7.25. The van der Waals surface area contributed by atoms with Gasteiger partial charge in [0, 0.05) is 20.4 Å². The fourth-order valence-electron chi connectivity index (χ4n) is 1.45. The van der Waals surface area contributed by atoms with Crippen LogP contribution in [0.15, 0.2) is 28.1 Å². The van der Waals surface area contributed by atoms with E-state index in [4.69, 9.17) is 11.6 Å². The second kappa shape index (κ2) is 5.82. The van der Waals surface area contributed by atoms with Crippen LogP contribution < -0.4 is 5.32 Å². The van der Waals surface area contributed by atoms with Gasteiger partial charge in [0.15, 0.2) is 0 Å². The van der Waals surface area contributed by atoms with Gasteiger partial charge in [-0.3, -0.25) is 4.79 Å². The van der Waals surface area contributed by atoms with Gasteiger partial charge in [-0.2, -0.15) is 0 Å². The molecule has 0 atom stereocenters. The molecule has 0 aliphatic carbocycles. The Labute approximate surface area is 122 Å². The fourth-order valence-corrected chi connectivity index (χ4v) is 2.92. The summed E-state index contributed by atoms with van der Waals surface area (Å²) in [5.74, 6) is -0.163. The molecular weight excluding hydrogens is 336 g/mol. The van der Waals surface area contributed by atoms with E-state index in [9.17, 15) is 4.79 Å². The van der Waals surface area contributed by atoms with E-state index < -0.39 is 0 Å². The number of thiazole rings is 1. The molecule has 2 rings (SSSR count). The summed E-state index contributed by atoms with van der Waals surface area (Å²) in [6, 6.07) is 5.10. The van der Waals surface area contributed by atoms with E-state index in [1.165, 1.54) is 0 Å². The van der Waals surface area contributed by atoms with Gasteiger partial charge in [-0.25, -0.2) is 4.98 Å². The molecule has 0 saturated carbocycles. The lowest BCUT2D eigenvalue weighted by Crippen LogP contribution is -2.22. The standard InChI is InChI=1S/C12H10BrClN2OS/c1-7-16-11(6-18-7)5-15-12(17)8-2-9(13)4-10(14)3-8/h2-4,6H,5H2,1H3,(H,15,17). The predicted molar refractivity (Wildman–Crippen MR) is 77.2 cm³/mol. The second-order valence-electron chi connectivity index (χ2n) is 3.70. The van der Waals surface area contributed by atoms with Crippen molar-refractivity contribution in [1.29, 1.82) is 0 Å². The normalized spacial score (nSPS) is 10.4. The van der Waals surface area contributed by atoms with Crippen LogP contribution in [0.25, 0.3) is 0 Å². The topological polar surface area (TPSA) is 42.0 Å². The van der Waals surface area contributed by atoms with Crippen molar-refractivity contribution in [1.82, 2.24) is 10.3 Å². The van der Waals surface area contributed by atoms with Crippen LogP contribution in [0, 0.1) is 6.92 Å². The van der Waals surface area contributed by atoms with Crippen molar-refractivity contribution in [2.75, 3.05) is 0 Å². The zero-order chi connectivity index (χ0) is 13.1. The summed E-state index contributed by atoms with van der Waals surface area (Å²) < 4.78 is 0.782. The Morgan fingerprint density at radius 3 is 2.89 bits per heavy atom. The second-order valence-corrected chi connectivity index (χ2v) is 6.11. The van der Waals surface area contributed by atoms with Crippen molar-refractivity contribution < 1.29 is 4.79 Å². The molecule has 0 aliphatic rings. The molecule has 94 valence electrons. The number of rotatable bonds is 3. The summed E-state index contributed by atoms with van der Waals surface area (Å²) in [5, 5.41) is 6.26. The van der Waals surface area contributed by atoms with Gasteiger partial charge >= 0.3 is 0 Å². The molecule has 0 spiro atoms. The Bertz CT molecular complexity index is 565. The van der Waals surface area contributed by atoms with Gasteiger partial charge in [-0.1, -0.05) is 27.5 Å². The number of benzene rings is 1. The average Bonchev–Trinajstić information content (AvgIpc) is 2.70. The Morgan fingerprint density at radius 2 is 2.28 bits per heavy atom. The fraction of sp³-hybridized carbons (Fsp3) is 0.167. The zero-order valence-electron chi connectivity index (χ0n) is 9.54. The maximum Gasteiger partial charge on any atom is 0.251 e. The van der Waals surface area contributed by atoms with Crippen LogP contribution in [-0.2, 0) is 6.54 Å². The lowest BCUT2D eigenvalue weighted by Gasteiger charge is -2.04. The van der Waals surface area contributed by atoms with Crippen molar-refractivity contribution in [2.45, 2.75) is 13.5 Å². The van der Waals surface area contributed by atoms with E-state index in [-0.39, 0.29) is 5.91 Å². The summed E-state index contributed by atoms with van der Waals surface area (Å²) >= 11 is 10.8. The quantitative estimate of drug-likeness (QED) is 0.919. The molecule has 18 heavy (non-hydrogen) atoms. The monoisotopic (exact) mass is 344 g/mol. The van der Waals surface area contributed by atoms with Crippen LogP contribution in [0.3, 0.4) is 0 Å². The Morgan fingerprint density at radius 1 is 1.50 bits per heavy atom. The van der Waals surface area contributed by atoms with Gasteiger partial charge in [-0.05, 0) is 25.1 Å². The molecule has 0 unspecified atom stereocenters. The number of hydrogen-bond donors (Lipinski definition) is 1. The third kappa shape index (κ3) is 3.54. The van der Waals surface area contributed by atoms with Gasteiger partial charge in [0.2, 0.25) is 0 Å². The molecule has 3 nitrogen and oxygen atoms in total. The minimum atomic E-state index is -0.163. The van der Waals surface area contributed by atoms with Crippen LogP contribution in [-0.4, -0.2) is 10.9 Å². The van der Waals surface area contributed by atoms with Gasteiger partial charge in [-0.15, -0.1) is 11.3 Å². The van der Waals surface area contributed by atoms with Gasteiger partial charge in [0.25, 0.3) is 5.91 Å². The predicted octanol–water partition coefficient (Wildman–Crippen LogP) is 3.80. The Balaban J connectivity index is 2.03. The summed E-state index contributed by atoms with van der Waals surface area (Å²) in [7, 11) is 0. The highest BCUT2D eigenvalue weighted by molar-refractivity contribution is 9.10. The number of hydrogen-bond acceptors (Lipinski definition) is 3. The first kappa shape index (κ1) is 13.5. The SMILES string of the molecule is Cc1nc(CNC(=O)c2cc(Cl)cc(Br)c2)cs1. The molecule has 0 saturated heterocycles. The number of aryl methyl sites for hydroxylation is 1. The molecule has 1 aromatic carbocycles. The molecule has 1 amide bonds. The maximum atomic E-state index is 11.9. The summed E-state index contributed by atoms with van der Waals surface area (Å²) in [6.45, 7) is 2.36. The van der Waals surface area contributed by atoms with Gasteiger partial charge in [0.05, 0.1) is 17.2 Å². The van der Waals surface area contributed by atoms with Crippen LogP contribution in [0.1, 0.15) is 21.1 Å². The highest BCUT2D eigenvalue weighted by atomic mass is 79.9. The van der Waals surface area contributed by atoms with Crippen LogP contribution in [0.4, 0.5) is 0 Å². The van der Waals surface area contributed by atoms with E-state index >= 15 is 0 Å². The van der Waals surface area contributed by atoms with E-state index in [2.05, 4.69) is 26.2 Å². The molecular formula is C12H10BrClN2OS. The number of nitrogens with zero attached hydrogens (tertiary/aromatic N) is 1. The average molecular weight is 346 g/mol. The number of aromatic nitrogens is 1. The van der Waals surface area contributed by atoms with Crippen LogP contribution in [0.2, 0.25) is 5.02 Å². The molecule has 0 aliphatic heterocycles. The molecule has 6 heteroatoms. The van der Waals surface area contributed by atoms with Gasteiger partial charge < -0.3 is 5.32 Å². The van der Waals surface area contributed by atoms with E-state index in [1.54, 1.807) is 29.5 Å². The van der Waals surface area contributed by atoms with Crippen molar-refractivity contribution in [3.63, 3.8) is 0 Å². The van der Waals surface area contributed by atoms with Crippen molar-refractivity contribution in [3.05, 3.63) is 49.3 Å². The van der Waals surface area contributed by atoms with Crippen LogP contribution in [0.5, 0.6) is 0 Å². The minimum absolute atomic E-state index is 0.163. The van der Waals surface area contributed by atoms with E-state index in [0.29, 0.717) is 17.1 Å². The molecule has 1 N–H and O–H groups in total. The first-order chi connectivity index (χ1) is 8.54. The van der Waals surface area contributed by atoms with Crippen molar-refractivity contribution in [3.8, 4) is 0 Å². The number of nitrogens with one attached hydrogen (secondary N) is 1. The smallest absolute Gasteiger partial charge is 0.251 e. The number of halogens is 2. The summed E-state index contributed by atoms with van der Waals surface area (Å²) in [6.07, 6.45) is 0. The third-order valence-electron chi connectivity index (χ3n) is 2.22. The molecule has 1 heterocycles. The number of carbonyl (C=O) groups excluding carboxylic acids is 1. The highest BCUT2D eigenvalue weighted by Crippen LogP contribution is 2.19. The summed E-state index contributed by atoms with van der Waals surface area (Å²) in [5.41, 5.74) is 1.40. The van der Waals surface area contributed by atoms with Crippen LogP contribution >= 0.6 is 38.9 Å². The lowest BCUT2D eigenvalue weighted by atomic mass is 10.2. The summed E-state index contributed by atoms with van der Waals surface area (Å²) in [4.78, 5) is 16.2. The number of carbonyl (C=O) groups is 1. The van der Waals surface area contributed by atoms with Crippen molar-refractivity contribution >= 4 is 44.8 Å². The van der Waals surface area contributed by atoms with E-state index in [1.807, 2.05) is 12.3 Å². The number of amides is 1.